The van der Waals surface area contributed by atoms with Crippen LogP contribution in [0, 0.1) is 6.92 Å². The largest absolute Gasteiger partial charge is 0.494 e. The van der Waals surface area contributed by atoms with E-state index in [4.69, 9.17) is 16.3 Å². The molecule has 1 aromatic heterocycles. The van der Waals surface area contributed by atoms with Crippen LogP contribution in [0.5, 0.6) is 5.75 Å². The van der Waals surface area contributed by atoms with Crippen molar-refractivity contribution in [2.45, 2.75) is 19.7 Å². The second-order valence-electron chi connectivity index (χ2n) is 4.25. The summed E-state index contributed by atoms with van der Waals surface area (Å²) in [6.45, 7) is 4.49. The summed E-state index contributed by atoms with van der Waals surface area (Å²) in [5, 5.41) is 2.87. The lowest BCUT2D eigenvalue weighted by molar-refractivity contribution is 0.103. The van der Waals surface area contributed by atoms with Gasteiger partial charge in [-0.25, -0.2) is 0 Å². The van der Waals surface area contributed by atoms with E-state index in [0.29, 0.717) is 17.4 Å². The number of benzene rings is 1. The molecule has 1 heterocycles. The molecule has 3 nitrogen and oxygen atoms in total. The number of hydrogen-bond donors (Lipinski definition) is 1. The third kappa shape index (κ3) is 3.52. The molecule has 0 aliphatic carbocycles. The van der Waals surface area contributed by atoms with Gasteiger partial charge < -0.3 is 10.1 Å². The average Bonchev–Trinajstić information content (AvgIpc) is 2.87. The standard InChI is InChI=1S/C15H16ClNO2S/c1-3-19-13-6-5-12(8-11(13)9-16)17-15(18)14-7-4-10(2)20-14/h4-8H,3,9H2,1-2H3,(H,17,18). The molecule has 0 unspecified atom stereocenters. The molecule has 1 N–H and O–H groups in total. The Morgan fingerprint density at radius 3 is 2.75 bits per heavy atom. The maximum absolute atomic E-state index is 12.1. The second kappa shape index (κ2) is 6.77. The molecule has 0 aliphatic rings. The molecule has 2 aromatic rings. The zero-order valence-electron chi connectivity index (χ0n) is 11.4. The molecule has 0 spiro atoms. The minimum Gasteiger partial charge on any atom is -0.494 e. The number of amides is 1. The third-order valence-electron chi connectivity index (χ3n) is 2.73. The van der Waals surface area contributed by atoms with Crippen LogP contribution in [0.4, 0.5) is 5.69 Å². The fraction of sp³-hybridized carbons (Fsp3) is 0.267. The first-order valence-electron chi connectivity index (χ1n) is 6.33. The van der Waals surface area contributed by atoms with E-state index in [9.17, 15) is 4.79 Å². The Balaban J connectivity index is 2.15. The van der Waals surface area contributed by atoms with Crippen LogP contribution in [0.25, 0.3) is 0 Å². The van der Waals surface area contributed by atoms with Gasteiger partial charge in [-0.1, -0.05) is 0 Å². The number of hydrogen-bond acceptors (Lipinski definition) is 3. The van der Waals surface area contributed by atoms with Crippen LogP contribution in [-0.2, 0) is 5.88 Å². The number of anilines is 1. The van der Waals surface area contributed by atoms with E-state index in [1.54, 1.807) is 0 Å². The topological polar surface area (TPSA) is 38.3 Å². The first-order valence-corrected chi connectivity index (χ1v) is 7.68. The van der Waals surface area contributed by atoms with Gasteiger partial charge in [-0.15, -0.1) is 22.9 Å². The second-order valence-corrected chi connectivity index (χ2v) is 5.81. The Kier molecular flexibility index (Phi) is 5.04. The predicted molar refractivity (Wildman–Crippen MR) is 84.2 cm³/mol. The van der Waals surface area contributed by atoms with Gasteiger partial charge in [-0.05, 0) is 44.2 Å². The van der Waals surface area contributed by atoms with Gasteiger partial charge in [0, 0.05) is 16.1 Å². The summed E-state index contributed by atoms with van der Waals surface area (Å²) in [7, 11) is 0. The normalized spacial score (nSPS) is 10.3. The number of aryl methyl sites for hydroxylation is 1. The molecule has 0 bridgehead atoms. The van der Waals surface area contributed by atoms with Crippen LogP contribution in [-0.4, -0.2) is 12.5 Å². The summed E-state index contributed by atoms with van der Waals surface area (Å²) >= 11 is 7.38. The molecule has 106 valence electrons. The van der Waals surface area contributed by atoms with E-state index in [-0.39, 0.29) is 5.91 Å². The number of carbonyl (C=O) groups excluding carboxylic acids is 1. The number of rotatable bonds is 5. The zero-order valence-corrected chi connectivity index (χ0v) is 13.0. The fourth-order valence-electron chi connectivity index (χ4n) is 1.81. The summed E-state index contributed by atoms with van der Waals surface area (Å²) in [5.41, 5.74) is 1.59. The molecule has 0 fully saturated rings. The first-order chi connectivity index (χ1) is 9.63. The van der Waals surface area contributed by atoms with Crippen molar-refractivity contribution >= 4 is 34.5 Å². The summed E-state index contributed by atoms with van der Waals surface area (Å²) in [4.78, 5) is 13.9. The van der Waals surface area contributed by atoms with Crippen molar-refractivity contribution < 1.29 is 9.53 Å². The maximum Gasteiger partial charge on any atom is 0.265 e. The SMILES string of the molecule is CCOc1ccc(NC(=O)c2ccc(C)s2)cc1CCl. The predicted octanol–water partition coefficient (Wildman–Crippen LogP) is 4.45. The monoisotopic (exact) mass is 309 g/mol. The molecule has 2 rings (SSSR count). The minimum absolute atomic E-state index is 0.104. The van der Waals surface area contributed by atoms with Crippen LogP contribution in [0.2, 0.25) is 0 Å². The molecule has 5 heteroatoms. The average molecular weight is 310 g/mol. The lowest BCUT2D eigenvalue weighted by atomic mass is 10.2. The van der Waals surface area contributed by atoms with Gasteiger partial charge in [0.05, 0.1) is 17.4 Å². The van der Waals surface area contributed by atoms with Crippen LogP contribution in [0.15, 0.2) is 30.3 Å². The Hall–Kier alpha value is -1.52. The van der Waals surface area contributed by atoms with Crippen molar-refractivity contribution in [2.24, 2.45) is 0 Å². The van der Waals surface area contributed by atoms with E-state index in [1.165, 1.54) is 11.3 Å². The van der Waals surface area contributed by atoms with Crippen LogP contribution in [0.3, 0.4) is 0 Å². The van der Waals surface area contributed by atoms with Gasteiger partial charge in [0.2, 0.25) is 0 Å². The molecule has 0 atom stereocenters. The Morgan fingerprint density at radius 2 is 2.15 bits per heavy atom. The smallest absolute Gasteiger partial charge is 0.265 e. The van der Waals surface area contributed by atoms with Crippen LogP contribution >= 0.6 is 22.9 Å². The highest BCUT2D eigenvalue weighted by atomic mass is 35.5. The van der Waals surface area contributed by atoms with Crippen molar-refractivity contribution in [3.8, 4) is 5.75 Å². The van der Waals surface area contributed by atoms with Crippen molar-refractivity contribution in [3.05, 3.63) is 45.6 Å². The first kappa shape index (κ1) is 14.9. The molecular formula is C15H16ClNO2S. The van der Waals surface area contributed by atoms with E-state index in [1.807, 2.05) is 44.2 Å². The Bertz CT molecular complexity index is 610. The maximum atomic E-state index is 12.1. The van der Waals surface area contributed by atoms with Crippen LogP contribution in [0.1, 0.15) is 27.0 Å². The van der Waals surface area contributed by atoms with Gasteiger partial charge in [0.1, 0.15) is 5.75 Å². The quantitative estimate of drug-likeness (QED) is 0.829. The summed E-state index contributed by atoms with van der Waals surface area (Å²) in [6.07, 6.45) is 0. The van der Waals surface area contributed by atoms with E-state index < -0.39 is 0 Å². The number of alkyl halides is 1. The minimum atomic E-state index is -0.104. The highest BCUT2D eigenvalue weighted by Crippen LogP contribution is 2.25. The number of thiophene rings is 1. The molecule has 0 saturated carbocycles. The van der Waals surface area contributed by atoms with Crippen molar-refractivity contribution in [2.75, 3.05) is 11.9 Å². The molecule has 0 saturated heterocycles. The molecule has 1 amide bonds. The van der Waals surface area contributed by atoms with Crippen molar-refractivity contribution in [1.82, 2.24) is 0 Å². The number of carbonyl (C=O) groups is 1. The zero-order chi connectivity index (χ0) is 14.5. The summed E-state index contributed by atoms with van der Waals surface area (Å²) in [6, 6.07) is 9.25. The molecule has 20 heavy (non-hydrogen) atoms. The Morgan fingerprint density at radius 1 is 1.35 bits per heavy atom. The molecule has 0 radical (unpaired) electrons. The highest BCUT2D eigenvalue weighted by Gasteiger charge is 2.10. The summed E-state index contributed by atoms with van der Waals surface area (Å²) < 4.78 is 5.48. The fourth-order valence-corrected chi connectivity index (χ4v) is 2.78. The van der Waals surface area contributed by atoms with Gasteiger partial charge >= 0.3 is 0 Å². The van der Waals surface area contributed by atoms with Gasteiger partial charge in [0.15, 0.2) is 0 Å². The van der Waals surface area contributed by atoms with Crippen molar-refractivity contribution in [3.63, 3.8) is 0 Å². The van der Waals surface area contributed by atoms with Crippen molar-refractivity contribution in [1.29, 1.82) is 0 Å². The highest BCUT2D eigenvalue weighted by molar-refractivity contribution is 7.14. The van der Waals surface area contributed by atoms with Crippen LogP contribution < -0.4 is 10.1 Å². The van der Waals surface area contributed by atoms with Gasteiger partial charge in [-0.2, -0.15) is 0 Å². The van der Waals surface area contributed by atoms with E-state index in [0.717, 1.165) is 21.9 Å². The number of halogens is 1. The van der Waals surface area contributed by atoms with Gasteiger partial charge in [-0.3, -0.25) is 4.79 Å². The van der Waals surface area contributed by atoms with Gasteiger partial charge in [0.25, 0.3) is 5.91 Å². The molecular weight excluding hydrogens is 294 g/mol. The molecule has 0 aliphatic heterocycles. The molecule has 1 aromatic carbocycles. The summed E-state index contributed by atoms with van der Waals surface area (Å²) in [5.74, 6) is 0.997. The lowest BCUT2D eigenvalue weighted by Crippen LogP contribution is -2.10. The van der Waals surface area contributed by atoms with E-state index >= 15 is 0 Å². The lowest BCUT2D eigenvalue weighted by Gasteiger charge is -2.10. The number of ether oxygens (including phenoxy) is 1. The third-order valence-corrected chi connectivity index (χ3v) is 4.01. The number of nitrogens with one attached hydrogen (secondary N) is 1. The Labute approximate surface area is 127 Å². The van der Waals surface area contributed by atoms with E-state index in [2.05, 4.69) is 5.32 Å².